The highest BCUT2D eigenvalue weighted by Gasteiger charge is 2.78. The van der Waals surface area contributed by atoms with Gasteiger partial charge in [-0.25, -0.2) is 4.39 Å². The van der Waals surface area contributed by atoms with E-state index in [1.807, 2.05) is 0 Å². The number of carbonyl (C=O) groups is 1. The molecule has 0 aromatic carbocycles. The number of rotatable bonds is 3. The van der Waals surface area contributed by atoms with Crippen LogP contribution < -0.4 is 5.73 Å². The maximum Gasteiger partial charge on any atom is 0.357 e. The summed E-state index contributed by atoms with van der Waals surface area (Å²) in [4.78, 5) is 27.3. The molecular weight excluding hydrogens is 255 g/mol. The summed E-state index contributed by atoms with van der Waals surface area (Å²) in [5.74, 6) is -4.44. The highest BCUT2D eigenvalue weighted by atomic mass is 35.5. The first-order valence-electron chi connectivity index (χ1n) is 3.50. The Morgan fingerprint density at radius 1 is 1.53 bits per heavy atom. The number of hydrogen-bond donors (Lipinski definition) is 5. The fourth-order valence-electron chi connectivity index (χ4n) is 1.20. The molecule has 1 saturated carbocycles. The molecule has 7 nitrogen and oxygen atoms in total. The zero-order valence-electron chi connectivity index (χ0n) is 7.20. The minimum atomic E-state index is -5.10. The average Bonchev–Trinajstić information content (AvgIpc) is 2.54. The number of carboxylic acids is 1. The maximum atomic E-state index is 13.4. The van der Waals surface area contributed by atoms with Crippen LogP contribution in [0.1, 0.15) is 6.42 Å². The lowest BCUT2D eigenvalue weighted by molar-refractivity contribution is -0.141. The van der Waals surface area contributed by atoms with E-state index < -0.39 is 37.0 Å². The molecule has 0 aliphatic heterocycles. The maximum absolute atomic E-state index is 13.4. The standard InChI is InChI=1S/C5H9FNO6P.ClH/c6-4(3(10)14(11,12)13)1-5(4,7)2(8)9;/h3,10H,1,7H2,(H,8,9)(H2,11,12,13);1H/t3?,4-,5-;/m1./s1. The zero-order chi connectivity index (χ0) is 11.4. The molecule has 1 aliphatic rings. The van der Waals surface area contributed by atoms with Gasteiger partial charge >= 0.3 is 13.6 Å². The lowest BCUT2D eigenvalue weighted by Gasteiger charge is -2.18. The molecule has 3 atom stereocenters. The van der Waals surface area contributed by atoms with Crippen LogP contribution in [-0.4, -0.2) is 43.0 Å². The van der Waals surface area contributed by atoms with E-state index in [0.29, 0.717) is 0 Å². The fourth-order valence-corrected chi connectivity index (χ4v) is 2.06. The fraction of sp³-hybridized carbons (Fsp3) is 0.800. The van der Waals surface area contributed by atoms with Crippen molar-refractivity contribution in [2.45, 2.75) is 23.5 Å². The van der Waals surface area contributed by atoms with Crippen molar-refractivity contribution in [1.82, 2.24) is 0 Å². The van der Waals surface area contributed by atoms with Crippen molar-refractivity contribution in [2.24, 2.45) is 5.73 Å². The third-order valence-corrected chi connectivity index (χ3v) is 3.31. The first-order chi connectivity index (χ1) is 6.06. The molecular formula is C5H10ClFNO6P. The Bertz CT molecular complexity index is 335. The van der Waals surface area contributed by atoms with Crippen LogP contribution in [0.4, 0.5) is 4.39 Å². The van der Waals surface area contributed by atoms with Gasteiger partial charge in [-0.3, -0.25) is 9.36 Å². The van der Waals surface area contributed by atoms with Crippen LogP contribution in [0.5, 0.6) is 0 Å². The summed E-state index contributed by atoms with van der Waals surface area (Å²) in [5, 5.41) is 17.3. The molecule has 10 heteroatoms. The Balaban J connectivity index is 0.00000196. The van der Waals surface area contributed by atoms with E-state index >= 15 is 0 Å². The van der Waals surface area contributed by atoms with Gasteiger partial charge in [0.2, 0.25) is 0 Å². The molecule has 0 heterocycles. The van der Waals surface area contributed by atoms with Crippen LogP contribution in [0.2, 0.25) is 0 Å². The largest absolute Gasteiger partial charge is 0.480 e. The van der Waals surface area contributed by atoms with Crippen molar-refractivity contribution in [1.29, 1.82) is 0 Å². The highest BCUT2D eigenvalue weighted by molar-refractivity contribution is 7.52. The van der Waals surface area contributed by atoms with Crippen molar-refractivity contribution >= 4 is 26.0 Å². The van der Waals surface area contributed by atoms with Crippen molar-refractivity contribution in [3.05, 3.63) is 0 Å². The molecule has 0 spiro atoms. The van der Waals surface area contributed by atoms with Crippen LogP contribution in [-0.2, 0) is 9.36 Å². The lowest BCUT2D eigenvalue weighted by atomic mass is 10.2. The first kappa shape index (κ1) is 14.8. The Kier molecular flexibility index (Phi) is 3.60. The number of alkyl halides is 1. The molecule has 0 aromatic heterocycles. The number of carboxylic acid groups (broad SMARTS) is 1. The molecule has 6 N–H and O–H groups in total. The second-order valence-corrected chi connectivity index (χ2v) is 4.95. The molecule has 0 bridgehead atoms. The summed E-state index contributed by atoms with van der Waals surface area (Å²) >= 11 is 0. The van der Waals surface area contributed by atoms with E-state index in [0.717, 1.165) is 0 Å². The topological polar surface area (TPSA) is 141 Å². The second-order valence-electron chi connectivity index (χ2n) is 3.28. The molecule has 15 heavy (non-hydrogen) atoms. The summed E-state index contributed by atoms with van der Waals surface area (Å²) in [6.45, 7) is 0. The van der Waals surface area contributed by atoms with Gasteiger partial charge in [-0.2, -0.15) is 0 Å². The van der Waals surface area contributed by atoms with Crippen LogP contribution >= 0.6 is 20.0 Å². The second kappa shape index (κ2) is 3.65. The van der Waals surface area contributed by atoms with E-state index in [1.54, 1.807) is 0 Å². The summed E-state index contributed by atoms with van der Waals surface area (Å²) in [7, 11) is -5.10. The number of aliphatic carboxylic acids is 1. The molecule has 1 aliphatic carbocycles. The Labute approximate surface area is 89.7 Å². The summed E-state index contributed by atoms with van der Waals surface area (Å²) in [6, 6.07) is 0. The molecule has 0 radical (unpaired) electrons. The van der Waals surface area contributed by atoms with E-state index in [4.69, 9.17) is 25.7 Å². The number of halogens is 2. The van der Waals surface area contributed by atoms with Gasteiger partial charge in [-0.15, -0.1) is 12.4 Å². The van der Waals surface area contributed by atoms with Gasteiger partial charge in [0.05, 0.1) is 0 Å². The molecule has 90 valence electrons. The monoisotopic (exact) mass is 265 g/mol. The highest BCUT2D eigenvalue weighted by Crippen LogP contribution is 2.61. The van der Waals surface area contributed by atoms with Crippen molar-refractivity contribution in [2.75, 3.05) is 0 Å². The smallest absolute Gasteiger partial charge is 0.357 e. The molecule has 0 aromatic rings. The predicted octanol–water partition coefficient (Wildman–Crippen LogP) is -1.20. The van der Waals surface area contributed by atoms with Crippen molar-refractivity contribution < 1.29 is 33.7 Å². The SMILES string of the molecule is Cl.N[C@@]1(C(=O)O)C[C@@]1(F)C(O)P(=O)(O)O. The van der Waals surface area contributed by atoms with Gasteiger partial charge in [0.25, 0.3) is 0 Å². The summed E-state index contributed by atoms with van der Waals surface area (Å²) in [5.41, 5.74) is -0.382. The number of aliphatic hydroxyl groups is 1. The molecule has 1 unspecified atom stereocenters. The van der Waals surface area contributed by atoms with Gasteiger partial charge in [-0.1, -0.05) is 0 Å². The Morgan fingerprint density at radius 3 is 2.13 bits per heavy atom. The minimum absolute atomic E-state index is 0. The van der Waals surface area contributed by atoms with Gasteiger partial charge in [-0.05, 0) is 0 Å². The zero-order valence-corrected chi connectivity index (χ0v) is 8.91. The van der Waals surface area contributed by atoms with E-state index in [1.165, 1.54) is 0 Å². The minimum Gasteiger partial charge on any atom is -0.480 e. The molecule has 0 amide bonds. The van der Waals surface area contributed by atoms with Crippen LogP contribution in [0.15, 0.2) is 0 Å². The molecule has 1 fully saturated rings. The van der Waals surface area contributed by atoms with Crippen LogP contribution in [0.3, 0.4) is 0 Å². The Hall–Kier alpha value is -0.240. The first-order valence-corrected chi connectivity index (χ1v) is 5.18. The third-order valence-electron chi connectivity index (χ3n) is 2.26. The average molecular weight is 266 g/mol. The van der Waals surface area contributed by atoms with Crippen molar-refractivity contribution in [3.63, 3.8) is 0 Å². The van der Waals surface area contributed by atoms with Crippen LogP contribution in [0, 0.1) is 0 Å². The number of nitrogens with two attached hydrogens (primary N) is 1. The quantitative estimate of drug-likeness (QED) is 0.403. The van der Waals surface area contributed by atoms with E-state index in [9.17, 15) is 13.8 Å². The third kappa shape index (κ3) is 2.01. The predicted molar refractivity (Wildman–Crippen MR) is 48.3 cm³/mol. The normalized spacial score (nSPS) is 36.6. The Morgan fingerprint density at radius 2 is 1.93 bits per heavy atom. The summed E-state index contributed by atoms with van der Waals surface area (Å²) < 4.78 is 23.9. The molecule has 0 saturated heterocycles. The van der Waals surface area contributed by atoms with Crippen molar-refractivity contribution in [3.8, 4) is 0 Å². The van der Waals surface area contributed by atoms with E-state index in [-0.39, 0.29) is 12.4 Å². The summed E-state index contributed by atoms with van der Waals surface area (Å²) in [6.07, 6.45) is -0.818. The number of hydrogen-bond acceptors (Lipinski definition) is 4. The van der Waals surface area contributed by atoms with Gasteiger partial charge < -0.3 is 25.7 Å². The van der Waals surface area contributed by atoms with Gasteiger partial charge in [0, 0.05) is 6.42 Å². The number of aliphatic hydroxyl groups excluding tert-OH is 1. The molecule has 1 rings (SSSR count). The van der Waals surface area contributed by atoms with E-state index in [2.05, 4.69) is 0 Å². The van der Waals surface area contributed by atoms with Gasteiger partial charge in [0.1, 0.15) is 0 Å². The van der Waals surface area contributed by atoms with Crippen LogP contribution in [0.25, 0.3) is 0 Å². The lowest BCUT2D eigenvalue weighted by Crippen LogP contribution is -2.45. The van der Waals surface area contributed by atoms with Gasteiger partial charge in [0.15, 0.2) is 17.1 Å².